The van der Waals surface area contributed by atoms with Crippen molar-refractivity contribution in [2.75, 3.05) is 13.1 Å². The zero-order chi connectivity index (χ0) is 22.6. The maximum Gasteiger partial charge on any atom is 0.240 e. The summed E-state index contributed by atoms with van der Waals surface area (Å²) < 4.78 is 15.5. The van der Waals surface area contributed by atoms with Crippen molar-refractivity contribution >= 4 is 17.7 Å². The molecule has 1 unspecified atom stereocenters. The molecule has 1 aliphatic heterocycles. The van der Waals surface area contributed by atoms with Crippen LogP contribution in [0.25, 0.3) is 17.1 Å². The SMILES string of the molecule is O=C(C(Sc1nnc(-c2ccncc2)n1-c1ccc(F)cc1)c1ccccc1)N1CCCC1. The Morgan fingerprint density at radius 3 is 2.30 bits per heavy atom. The molecule has 166 valence electrons. The van der Waals surface area contributed by atoms with Crippen LogP contribution in [0.3, 0.4) is 0 Å². The molecule has 0 saturated carbocycles. The highest BCUT2D eigenvalue weighted by Gasteiger charge is 2.31. The van der Waals surface area contributed by atoms with Gasteiger partial charge in [0.2, 0.25) is 5.91 Å². The molecule has 1 atom stereocenters. The summed E-state index contributed by atoms with van der Waals surface area (Å²) in [4.78, 5) is 19.5. The fraction of sp³-hybridized carbons (Fsp3) is 0.200. The quantitative estimate of drug-likeness (QED) is 0.383. The van der Waals surface area contributed by atoms with Crippen molar-refractivity contribution in [2.45, 2.75) is 23.2 Å². The van der Waals surface area contributed by atoms with Crippen LogP contribution in [0.15, 0.2) is 84.3 Å². The highest BCUT2D eigenvalue weighted by molar-refractivity contribution is 8.00. The molecule has 5 rings (SSSR count). The Morgan fingerprint density at radius 2 is 1.61 bits per heavy atom. The van der Waals surface area contributed by atoms with Crippen LogP contribution in [-0.2, 0) is 4.79 Å². The summed E-state index contributed by atoms with van der Waals surface area (Å²) in [5.41, 5.74) is 2.46. The average molecular weight is 460 g/mol. The van der Waals surface area contributed by atoms with E-state index in [0.717, 1.165) is 42.7 Å². The van der Waals surface area contributed by atoms with Crippen LogP contribution in [0.5, 0.6) is 0 Å². The number of nitrogens with zero attached hydrogens (tertiary/aromatic N) is 5. The third-order valence-corrected chi connectivity index (χ3v) is 6.81. The van der Waals surface area contributed by atoms with Gasteiger partial charge in [-0.1, -0.05) is 42.1 Å². The highest BCUT2D eigenvalue weighted by Crippen LogP contribution is 2.39. The monoisotopic (exact) mass is 459 g/mol. The summed E-state index contributed by atoms with van der Waals surface area (Å²) in [6.07, 6.45) is 5.43. The van der Waals surface area contributed by atoms with Crippen LogP contribution in [0.4, 0.5) is 4.39 Å². The molecule has 2 aromatic carbocycles. The van der Waals surface area contributed by atoms with Gasteiger partial charge in [-0.05, 0) is 54.8 Å². The van der Waals surface area contributed by atoms with E-state index in [2.05, 4.69) is 15.2 Å². The number of carbonyl (C=O) groups excluding carboxylic acids is 1. The standard InChI is InChI=1S/C25H22FN5OS/c26-20-8-10-21(11-9-20)31-23(19-12-14-27-15-13-19)28-29-25(31)33-22(18-6-2-1-3-7-18)24(32)30-16-4-5-17-30/h1-3,6-15,22H,4-5,16-17H2. The van der Waals surface area contributed by atoms with Gasteiger partial charge in [0, 0.05) is 36.7 Å². The normalized spacial score (nSPS) is 14.4. The smallest absolute Gasteiger partial charge is 0.240 e. The molecule has 8 heteroatoms. The second-order valence-electron chi connectivity index (χ2n) is 7.79. The third kappa shape index (κ3) is 4.52. The summed E-state index contributed by atoms with van der Waals surface area (Å²) in [5, 5.41) is 9.00. The van der Waals surface area contributed by atoms with Crippen molar-refractivity contribution in [1.82, 2.24) is 24.6 Å². The lowest BCUT2D eigenvalue weighted by molar-refractivity contribution is -0.129. The molecular formula is C25H22FN5OS. The van der Waals surface area contributed by atoms with Crippen LogP contribution in [0.2, 0.25) is 0 Å². The summed E-state index contributed by atoms with van der Waals surface area (Å²) in [6.45, 7) is 1.55. The predicted molar refractivity (Wildman–Crippen MR) is 125 cm³/mol. The van der Waals surface area contributed by atoms with E-state index in [1.54, 1.807) is 24.5 Å². The van der Waals surface area contributed by atoms with E-state index >= 15 is 0 Å². The summed E-state index contributed by atoms with van der Waals surface area (Å²) >= 11 is 1.37. The van der Waals surface area contributed by atoms with Crippen LogP contribution in [-0.4, -0.2) is 43.6 Å². The zero-order valence-electron chi connectivity index (χ0n) is 17.8. The molecule has 0 radical (unpaired) electrons. The lowest BCUT2D eigenvalue weighted by Crippen LogP contribution is -2.31. The average Bonchev–Trinajstić information content (AvgIpc) is 3.54. The van der Waals surface area contributed by atoms with Gasteiger partial charge in [-0.15, -0.1) is 10.2 Å². The first-order valence-corrected chi connectivity index (χ1v) is 11.7. The minimum Gasteiger partial charge on any atom is -0.341 e. The number of thioether (sulfide) groups is 1. The van der Waals surface area contributed by atoms with Crippen LogP contribution >= 0.6 is 11.8 Å². The number of amides is 1. The van der Waals surface area contributed by atoms with Crippen LogP contribution < -0.4 is 0 Å². The van der Waals surface area contributed by atoms with E-state index in [0.29, 0.717) is 11.0 Å². The fourth-order valence-corrected chi connectivity index (χ4v) is 5.09. The molecule has 4 aromatic rings. The summed E-state index contributed by atoms with van der Waals surface area (Å²) in [7, 11) is 0. The van der Waals surface area contributed by atoms with Crippen LogP contribution in [0, 0.1) is 5.82 Å². The lowest BCUT2D eigenvalue weighted by Gasteiger charge is -2.23. The van der Waals surface area contributed by atoms with E-state index in [4.69, 9.17) is 0 Å². The maximum absolute atomic E-state index is 13.7. The molecule has 0 N–H and O–H groups in total. The molecule has 33 heavy (non-hydrogen) atoms. The van der Waals surface area contributed by atoms with Gasteiger partial charge in [-0.25, -0.2) is 4.39 Å². The first-order chi connectivity index (χ1) is 16.2. The van der Waals surface area contributed by atoms with Crippen molar-refractivity contribution in [3.63, 3.8) is 0 Å². The Hall–Kier alpha value is -3.52. The molecule has 0 aliphatic carbocycles. The Kier molecular flexibility index (Phi) is 6.17. The topological polar surface area (TPSA) is 63.9 Å². The number of benzene rings is 2. The molecule has 0 bridgehead atoms. The van der Waals surface area contributed by atoms with E-state index < -0.39 is 5.25 Å². The molecule has 0 spiro atoms. The Bertz CT molecular complexity index is 1220. The number of likely N-dealkylation sites (tertiary alicyclic amines) is 1. The molecular weight excluding hydrogens is 437 g/mol. The van der Waals surface area contributed by atoms with Gasteiger partial charge < -0.3 is 4.90 Å². The van der Waals surface area contributed by atoms with E-state index in [1.165, 1.54) is 23.9 Å². The van der Waals surface area contributed by atoms with Gasteiger partial charge >= 0.3 is 0 Å². The van der Waals surface area contributed by atoms with Gasteiger partial charge in [0.05, 0.1) is 0 Å². The van der Waals surface area contributed by atoms with E-state index in [-0.39, 0.29) is 11.7 Å². The summed E-state index contributed by atoms with van der Waals surface area (Å²) in [5.74, 6) is 0.354. The summed E-state index contributed by atoms with van der Waals surface area (Å²) in [6, 6.07) is 19.6. The minimum absolute atomic E-state index is 0.0721. The van der Waals surface area contributed by atoms with Gasteiger partial charge in [0.25, 0.3) is 0 Å². The molecule has 1 saturated heterocycles. The fourth-order valence-electron chi connectivity index (χ4n) is 3.95. The maximum atomic E-state index is 13.7. The second-order valence-corrected chi connectivity index (χ2v) is 8.87. The number of carbonyl (C=O) groups is 1. The van der Waals surface area contributed by atoms with E-state index in [9.17, 15) is 9.18 Å². The van der Waals surface area contributed by atoms with Crippen molar-refractivity contribution < 1.29 is 9.18 Å². The first kappa shape index (κ1) is 21.3. The van der Waals surface area contributed by atoms with Crippen LogP contribution in [0.1, 0.15) is 23.7 Å². The van der Waals surface area contributed by atoms with Gasteiger partial charge in [-0.3, -0.25) is 14.3 Å². The molecule has 2 aromatic heterocycles. The third-order valence-electron chi connectivity index (χ3n) is 5.62. The zero-order valence-corrected chi connectivity index (χ0v) is 18.7. The van der Waals surface area contributed by atoms with Gasteiger partial charge in [0.1, 0.15) is 11.1 Å². The number of halogens is 1. The number of rotatable bonds is 6. The Morgan fingerprint density at radius 1 is 0.909 bits per heavy atom. The molecule has 1 fully saturated rings. The number of aromatic nitrogens is 4. The lowest BCUT2D eigenvalue weighted by atomic mass is 10.1. The van der Waals surface area contributed by atoms with Crippen molar-refractivity contribution in [3.8, 4) is 17.1 Å². The Balaban J connectivity index is 1.59. The second kappa shape index (κ2) is 9.54. The highest BCUT2D eigenvalue weighted by atomic mass is 32.2. The van der Waals surface area contributed by atoms with Gasteiger partial charge in [-0.2, -0.15) is 0 Å². The molecule has 3 heterocycles. The van der Waals surface area contributed by atoms with Crippen molar-refractivity contribution in [1.29, 1.82) is 0 Å². The minimum atomic E-state index is -0.460. The van der Waals surface area contributed by atoms with Crippen molar-refractivity contribution in [3.05, 3.63) is 90.5 Å². The predicted octanol–water partition coefficient (Wildman–Crippen LogP) is 4.92. The molecule has 1 amide bonds. The number of hydrogen-bond donors (Lipinski definition) is 0. The van der Waals surface area contributed by atoms with E-state index in [1.807, 2.05) is 51.9 Å². The number of pyridine rings is 1. The Labute approximate surface area is 195 Å². The van der Waals surface area contributed by atoms with Crippen molar-refractivity contribution in [2.24, 2.45) is 0 Å². The molecule has 6 nitrogen and oxygen atoms in total. The largest absolute Gasteiger partial charge is 0.341 e. The van der Waals surface area contributed by atoms with Gasteiger partial charge in [0.15, 0.2) is 11.0 Å². The first-order valence-electron chi connectivity index (χ1n) is 10.8. The number of hydrogen-bond acceptors (Lipinski definition) is 5. The molecule has 1 aliphatic rings.